The quantitative estimate of drug-likeness (QED) is 0.924. The lowest BCUT2D eigenvalue weighted by molar-refractivity contribution is 0.407. The van der Waals surface area contributed by atoms with Gasteiger partial charge in [-0.05, 0) is 25.1 Å². The van der Waals surface area contributed by atoms with Gasteiger partial charge in [-0.3, -0.25) is 9.97 Å². The first-order chi connectivity index (χ1) is 8.61. The van der Waals surface area contributed by atoms with Crippen LogP contribution in [0.4, 0.5) is 0 Å². The molecule has 0 aliphatic heterocycles. The lowest BCUT2D eigenvalue weighted by Gasteiger charge is -2.15. The van der Waals surface area contributed by atoms with Crippen molar-refractivity contribution in [2.75, 3.05) is 7.11 Å². The number of nitrogens with zero attached hydrogens (tertiary/aromatic N) is 2. The molecule has 0 spiro atoms. The van der Waals surface area contributed by atoms with E-state index in [9.17, 15) is 0 Å². The third-order valence-corrected chi connectivity index (χ3v) is 2.88. The van der Waals surface area contributed by atoms with Crippen LogP contribution in [-0.2, 0) is 0 Å². The van der Waals surface area contributed by atoms with E-state index >= 15 is 0 Å². The minimum Gasteiger partial charge on any atom is -0.496 e. The number of methoxy groups -OCH3 is 1. The number of nitrogens with two attached hydrogens (primary N) is 1. The third-order valence-electron chi connectivity index (χ3n) is 2.65. The van der Waals surface area contributed by atoms with Crippen molar-refractivity contribution in [3.8, 4) is 5.75 Å². The molecule has 5 heteroatoms. The summed E-state index contributed by atoms with van der Waals surface area (Å²) in [5.41, 5.74) is 8.50. The second-order valence-electron chi connectivity index (χ2n) is 3.95. The molecule has 1 atom stereocenters. The van der Waals surface area contributed by atoms with Crippen molar-refractivity contribution in [2.24, 2.45) is 5.73 Å². The zero-order chi connectivity index (χ0) is 13.1. The molecule has 0 saturated carbocycles. The minimum atomic E-state index is -0.410. The zero-order valence-corrected chi connectivity index (χ0v) is 11.0. The summed E-state index contributed by atoms with van der Waals surface area (Å²) in [6, 6.07) is 4.93. The Morgan fingerprint density at radius 2 is 2.06 bits per heavy atom. The van der Waals surface area contributed by atoms with E-state index in [-0.39, 0.29) is 0 Å². The Hall–Kier alpha value is -1.65. The number of benzene rings is 1. The van der Waals surface area contributed by atoms with Crippen molar-refractivity contribution in [1.82, 2.24) is 9.97 Å². The molecule has 0 fully saturated rings. The molecule has 0 bridgehead atoms. The van der Waals surface area contributed by atoms with Crippen molar-refractivity contribution in [3.63, 3.8) is 0 Å². The van der Waals surface area contributed by atoms with E-state index in [4.69, 9.17) is 22.1 Å². The lowest BCUT2D eigenvalue weighted by atomic mass is 10.0. The second kappa shape index (κ2) is 5.33. The largest absolute Gasteiger partial charge is 0.496 e. The summed E-state index contributed by atoms with van der Waals surface area (Å²) < 4.78 is 5.28. The Bertz CT molecular complexity index is 542. The van der Waals surface area contributed by atoms with Crippen LogP contribution in [0.15, 0.2) is 30.6 Å². The van der Waals surface area contributed by atoms with E-state index in [1.54, 1.807) is 37.7 Å². The highest BCUT2D eigenvalue weighted by Crippen LogP contribution is 2.29. The Morgan fingerprint density at radius 1 is 1.28 bits per heavy atom. The van der Waals surface area contributed by atoms with E-state index in [2.05, 4.69) is 9.97 Å². The molecule has 2 aromatic rings. The highest BCUT2D eigenvalue weighted by atomic mass is 35.5. The summed E-state index contributed by atoms with van der Waals surface area (Å²) in [5.74, 6) is 0.689. The predicted molar refractivity (Wildman–Crippen MR) is 70.8 cm³/mol. The van der Waals surface area contributed by atoms with Crippen LogP contribution in [0, 0.1) is 6.92 Å². The van der Waals surface area contributed by atoms with Gasteiger partial charge in [0.2, 0.25) is 0 Å². The maximum atomic E-state index is 6.17. The number of aryl methyl sites for hydroxylation is 1. The van der Waals surface area contributed by atoms with Crippen LogP contribution < -0.4 is 10.5 Å². The summed E-state index contributed by atoms with van der Waals surface area (Å²) in [5, 5.41) is 0.612. The van der Waals surface area contributed by atoms with Gasteiger partial charge in [-0.2, -0.15) is 0 Å². The van der Waals surface area contributed by atoms with Gasteiger partial charge in [0.15, 0.2) is 0 Å². The molecule has 1 heterocycles. The van der Waals surface area contributed by atoms with Crippen LogP contribution in [0.3, 0.4) is 0 Å². The molecule has 94 valence electrons. The van der Waals surface area contributed by atoms with Gasteiger partial charge >= 0.3 is 0 Å². The highest BCUT2D eigenvalue weighted by Gasteiger charge is 2.16. The Balaban J connectivity index is 2.41. The molecule has 1 unspecified atom stereocenters. The maximum Gasteiger partial charge on any atom is 0.124 e. The molecule has 0 amide bonds. The van der Waals surface area contributed by atoms with Gasteiger partial charge < -0.3 is 10.5 Å². The standard InChI is InChI=1S/C13H14ClN3O/c1-8-6-17-11(7-16-8)13(15)10-5-9(14)3-4-12(10)18-2/h3-7,13H,15H2,1-2H3. The molecule has 0 radical (unpaired) electrons. The molecular formula is C13H14ClN3O. The van der Waals surface area contributed by atoms with Gasteiger partial charge in [0, 0.05) is 16.8 Å². The number of hydrogen-bond acceptors (Lipinski definition) is 4. The highest BCUT2D eigenvalue weighted by molar-refractivity contribution is 6.30. The smallest absolute Gasteiger partial charge is 0.124 e. The van der Waals surface area contributed by atoms with Gasteiger partial charge in [-0.1, -0.05) is 11.6 Å². The van der Waals surface area contributed by atoms with E-state index in [1.807, 2.05) is 6.92 Å². The number of hydrogen-bond donors (Lipinski definition) is 1. The first-order valence-electron chi connectivity index (χ1n) is 5.49. The average Bonchev–Trinajstić information content (AvgIpc) is 2.39. The molecule has 1 aromatic heterocycles. The molecule has 0 aliphatic carbocycles. The first-order valence-corrected chi connectivity index (χ1v) is 5.87. The monoisotopic (exact) mass is 263 g/mol. The van der Waals surface area contributed by atoms with Gasteiger partial charge in [0.25, 0.3) is 0 Å². The van der Waals surface area contributed by atoms with Crippen molar-refractivity contribution < 1.29 is 4.74 Å². The maximum absolute atomic E-state index is 6.17. The van der Waals surface area contributed by atoms with E-state index < -0.39 is 6.04 Å². The number of aromatic nitrogens is 2. The molecule has 0 aliphatic rings. The molecule has 0 saturated heterocycles. The fourth-order valence-corrected chi connectivity index (χ4v) is 1.85. The van der Waals surface area contributed by atoms with Crippen LogP contribution in [0.25, 0.3) is 0 Å². The number of ether oxygens (including phenoxy) is 1. The topological polar surface area (TPSA) is 61.0 Å². The first kappa shape index (κ1) is 12.8. The van der Waals surface area contributed by atoms with E-state index in [1.165, 1.54) is 0 Å². The SMILES string of the molecule is COc1ccc(Cl)cc1C(N)c1cnc(C)cn1. The van der Waals surface area contributed by atoms with Crippen molar-refractivity contribution >= 4 is 11.6 Å². The third kappa shape index (κ3) is 2.60. The van der Waals surface area contributed by atoms with Crippen LogP contribution in [0.2, 0.25) is 5.02 Å². The fraction of sp³-hybridized carbons (Fsp3) is 0.231. The van der Waals surface area contributed by atoms with E-state index in [0.717, 1.165) is 11.3 Å². The summed E-state index contributed by atoms with van der Waals surface area (Å²) in [7, 11) is 1.60. The van der Waals surface area contributed by atoms with Gasteiger partial charge in [0.05, 0.1) is 30.7 Å². The summed E-state index contributed by atoms with van der Waals surface area (Å²) >= 11 is 5.98. The second-order valence-corrected chi connectivity index (χ2v) is 4.38. The lowest BCUT2D eigenvalue weighted by Crippen LogP contribution is -2.15. The summed E-state index contributed by atoms with van der Waals surface area (Å²) in [6.07, 6.45) is 3.35. The van der Waals surface area contributed by atoms with Crippen molar-refractivity contribution in [1.29, 1.82) is 0 Å². The van der Waals surface area contributed by atoms with Gasteiger partial charge in [0.1, 0.15) is 5.75 Å². The molecule has 2 N–H and O–H groups in total. The minimum absolute atomic E-state index is 0.410. The number of halogens is 1. The Morgan fingerprint density at radius 3 is 2.67 bits per heavy atom. The van der Waals surface area contributed by atoms with Crippen LogP contribution in [0.1, 0.15) is 23.0 Å². The molecule has 2 rings (SSSR count). The molecule has 4 nitrogen and oxygen atoms in total. The van der Waals surface area contributed by atoms with Crippen LogP contribution >= 0.6 is 11.6 Å². The summed E-state index contributed by atoms with van der Waals surface area (Å²) in [6.45, 7) is 1.88. The fourth-order valence-electron chi connectivity index (χ4n) is 1.67. The summed E-state index contributed by atoms with van der Waals surface area (Å²) in [4.78, 5) is 8.46. The van der Waals surface area contributed by atoms with Crippen molar-refractivity contribution in [2.45, 2.75) is 13.0 Å². The average molecular weight is 264 g/mol. The van der Waals surface area contributed by atoms with E-state index in [0.29, 0.717) is 16.5 Å². The predicted octanol–water partition coefficient (Wildman–Crippen LogP) is 2.50. The Kier molecular flexibility index (Phi) is 3.79. The normalized spacial score (nSPS) is 12.2. The molecule has 18 heavy (non-hydrogen) atoms. The van der Waals surface area contributed by atoms with Crippen molar-refractivity contribution in [3.05, 3.63) is 52.6 Å². The number of rotatable bonds is 3. The van der Waals surface area contributed by atoms with Gasteiger partial charge in [-0.25, -0.2) is 0 Å². The van der Waals surface area contributed by atoms with Crippen LogP contribution in [0.5, 0.6) is 5.75 Å². The zero-order valence-electron chi connectivity index (χ0n) is 10.2. The molecule has 1 aromatic carbocycles. The molecular weight excluding hydrogens is 250 g/mol. The van der Waals surface area contributed by atoms with Crippen LogP contribution in [-0.4, -0.2) is 17.1 Å². The Labute approximate surface area is 111 Å². The van der Waals surface area contributed by atoms with Gasteiger partial charge in [-0.15, -0.1) is 0 Å².